The Labute approximate surface area is 93.2 Å². The monoisotopic (exact) mass is 209 g/mol. The van der Waals surface area contributed by atoms with Crippen molar-refractivity contribution in [1.29, 1.82) is 0 Å². The van der Waals surface area contributed by atoms with Crippen LogP contribution in [-0.2, 0) is 0 Å². The normalized spacial score (nSPS) is 10.8. The smallest absolute Gasteiger partial charge is 0.115 e. The zero-order valence-corrected chi connectivity index (χ0v) is 8.64. The molecular weight excluding hydrogens is 198 g/mol. The van der Waals surface area contributed by atoms with E-state index in [4.69, 9.17) is 0 Å². The highest BCUT2D eigenvalue weighted by Gasteiger charge is 2.03. The lowest BCUT2D eigenvalue weighted by molar-refractivity contribution is 0.475. The maximum atomic E-state index is 9.27. The molecule has 0 aliphatic carbocycles. The predicted molar refractivity (Wildman–Crippen MR) is 65.4 cm³/mol. The van der Waals surface area contributed by atoms with Crippen LogP contribution in [0.3, 0.4) is 0 Å². The Kier molecular flexibility index (Phi) is 1.93. The maximum Gasteiger partial charge on any atom is 0.115 e. The first-order chi connectivity index (χ1) is 7.84. The fourth-order valence-electron chi connectivity index (χ4n) is 1.97. The van der Waals surface area contributed by atoms with Gasteiger partial charge in [-0.1, -0.05) is 30.3 Å². The van der Waals surface area contributed by atoms with Crippen molar-refractivity contribution in [3.63, 3.8) is 0 Å². The van der Waals surface area contributed by atoms with Crippen LogP contribution < -0.4 is 0 Å². The second-order valence-electron chi connectivity index (χ2n) is 3.79. The summed E-state index contributed by atoms with van der Waals surface area (Å²) in [5, 5.41) is 10.5. The fraction of sp³-hybridized carbons (Fsp3) is 0. The molecule has 2 nitrogen and oxygen atoms in total. The minimum absolute atomic E-state index is 0.294. The highest BCUT2D eigenvalue weighted by Crippen LogP contribution is 2.28. The second-order valence-corrected chi connectivity index (χ2v) is 3.79. The van der Waals surface area contributed by atoms with Gasteiger partial charge in [0, 0.05) is 11.8 Å². The summed E-state index contributed by atoms with van der Waals surface area (Å²) in [4.78, 5) is 3.24. The van der Waals surface area contributed by atoms with E-state index in [0.29, 0.717) is 5.75 Å². The van der Waals surface area contributed by atoms with Crippen LogP contribution in [0, 0.1) is 0 Å². The number of hydrogen-bond acceptors (Lipinski definition) is 1. The van der Waals surface area contributed by atoms with Crippen molar-refractivity contribution in [2.75, 3.05) is 0 Å². The van der Waals surface area contributed by atoms with Crippen molar-refractivity contribution >= 4 is 10.9 Å². The van der Waals surface area contributed by atoms with E-state index < -0.39 is 0 Å². The van der Waals surface area contributed by atoms with Crippen LogP contribution in [-0.4, -0.2) is 10.1 Å². The van der Waals surface area contributed by atoms with Crippen molar-refractivity contribution in [2.24, 2.45) is 0 Å². The summed E-state index contributed by atoms with van der Waals surface area (Å²) >= 11 is 0. The second kappa shape index (κ2) is 3.42. The van der Waals surface area contributed by atoms with Crippen LogP contribution in [0.4, 0.5) is 0 Å². The van der Waals surface area contributed by atoms with E-state index in [-0.39, 0.29) is 0 Å². The standard InChI is InChI=1S/C14H11NO/c16-12-6-4-10(5-7-12)13-3-1-2-11-8-9-15-14(11)13/h1-9,15-16H. The molecule has 78 valence electrons. The number of benzene rings is 2. The van der Waals surface area contributed by atoms with E-state index in [1.54, 1.807) is 12.1 Å². The molecule has 3 rings (SSSR count). The highest BCUT2D eigenvalue weighted by molar-refractivity contribution is 5.94. The number of H-pyrrole nitrogens is 1. The molecule has 0 spiro atoms. The Hall–Kier alpha value is -2.22. The minimum Gasteiger partial charge on any atom is -0.508 e. The van der Waals surface area contributed by atoms with E-state index in [0.717, 1.165) is 16.6 Å². The van der Waals surface area contributed by atoms with Crippen molar-refractivity contribution in [1.82, 2.24) is 4.98 Å². The lowest BCUT2D eigenvalue weighted by atomic mass is 10.0. The molecule has 1 heterocycles. The molecule has 0 unspecified atom stereocenters. The molecule has 0 fully saturated rings. The molecule has 16 heavy (non-hydrogen) atoms. The summed E-state index contributed by atoms with van der Waals surface area (Å²) in [5.41, 5.74) is 3.39. The van der Waals surface area contributed by atoms with E-state index in [2.05, 4.69) is 23.2 Å². The summed E-state index contributed by atoms with van der Waals surface area (Å²) < 4.78 is 0. The van der Waals surface area contributed by atoms with Crippen LogP contribution in [0.1, 0.15) is 0 Å². The summed E-state index contributed by atoms with van der Waals surface area (Å²) in [7, 11) is 0. The van der Waals surface area contributed by atoms with Gasteiger partial charge >= 0.3 is 0 Å². The van der Waals surface area contributed by atoms with Gasteiger partial charge in [0.1, 0.15) is 5.75 Å². The summed E-state index contributed by atoms with van der Waals surface area (Å²) in [6.45, 7) is 0. The average Bonchev–Trinajstić information content (AvgIpc) is 2.78. The molecule has 0 aliphatic rings. The molecule has 0 aliphatic heterocycles. The Balaban J connectivity index is 2.25. The summed E-state index contributed by atoms with van der Waals surface area (Å²) in [6, 6.07) is 15.5. The molecule has 2 heteroatoms. The van der Waals surface area contributed by atoms with Gasteiger partial charge in [-0.25, -0.2) is 0 Å². The van der Waals surface area contributed by atoms with Crippen LogP contribution in [0.15, 0.2) is 54.7 Å². The number of aromatic nitrogens is 1. The number of hydrogen-bond donors (Lipinski definition) is 2. The first-order valence-corrected chi connectivity index (χ1v) is 5.20. The lowest BCUT2D eigenvalue weighted by Crippen LogP contribution is -1.79. The number of rotatable bonds is 1. The minimum atomic E-state index is 0.294. The van der Waals surface area contributed by atoms with Crippen molar-refractivity contribution in [2.45, 2.75) is 0 Å². The molecule has 0 saturated heterocycles. The Morgan fingerprint density at radius 2 is 1.69 bits per heavy atom. The molecule has 3 aromatic rings. The topological polar surface area (TPSA) is 36.0 Å². The molecule has 0 amide bonds. The Morgan fingerprint density at radius 1 is 0.875 bits per heavy atom. The molecule has 0 atom stereocenters. The van der Waals surface area contributed by atoms with Gasteiger partial charge in [-0.15, -0.1) is 0 Å². The van der Waals surface area contributed by atoms with Gasteiger partial charge in [0.15, 0.2) is 0 Å². The van der Waals surface area contributed by atoms with Crippen LogP contribution >= 0.6 is 0 Å². The van der Waals surface area contributed by atoms with Crippen molar-refractivity contribution in [3.8, 4) is 16.9 Å². The molecule has 2 aromatic carbocycles. The van der Waals surface area contributed by atoms with E-state index in [9.17, 15) is 5.11 Å². The van der Waals surface area contributed by atoms with Crippen LogP contribution in [0.25, 0.3) is 22.0 Å². The van der Waals surface area contributed by atoms with Crippen molar-refractivity contribution in [3.05, 3.63) is 54.7 Å². The fourth-order valence-corrected chi connectivity index (χ4v) is 1.97. The lowest BCUT2D eigenvalue weighted by Gasteiger charge is -2.03. The average molecular weight is 209 g/mol. The SMILES string of the molecule is Oc1ccc(-c2cccc3cc[nH]c23)cc1. The number of nitrogens with one attached hydrogen (secondary N) is 1. The molecule has 0 bridgehead atoms. The van der Waals surface area contributed by atoms with Gasteiger partial charge < -0.3 is 10.1 Å². The van der Waals surface area contributed by atoms with Gasteiger partial charge in [-0.2, -0.15) is 0 Å². The van der Waals surface area contributed by atoms with Gasteiger partial charge in [0.2, 0.25) is 0 Å². The maximum absolute atomic E-state index is 9.27. The van der Waals surface area contributed by atoms with E-state index in [1.807, 2.05) is 24.4 Å². The van der Waals surface area contributed by atoms with Gasteiger partial charge in [0.25, 0.3) is 0 Å². The molecule has 1 aromatic heterocycles. The molecule has 0 radical (unpaired) electrons. The predicted octanol–water partition coefficient (Wildman–Crippen LogP) is 3.54. The third-order valence-corrected chi connectivity index (χ3v) is 2.77. The number of aromatic amines is 1. The molecular formula is C14H11NO. The third-order valence-electron chi connectivity index (χ3n) is 2.77. The Morgan fingerprint density at radius 3 is 2.50 bits per heavy atom. The van der Waals surface area contributed by atoms with Gasteiger partial charge in [-0.05, 0) is 29.1 Å². The zero-order chi connectivity index (χ0) is 11.0. The van der Waals surface area contributed by atoms with Crippen LogP contribution in [0.5, 0.6) is 5.75 Å². The number of phenolic OH excluding ortho intramolecular Hbond substituents is 1. The quantitative estimate of drug-likeness (QED) is 0.631. The van der Waals surface area contributed by atoms with Crippen LogP contribution in [0.2, 0.25) is 0 Å². The summed E-state index contributed by atoms with van der Waals surface area (Å²) in [6.07, 6.45) is 1.94. The van der Waals surface area contributed by atoms with Crippen molar-refractivity contribution < 1.29 is 5.11 Å². The number of para-hydroxylation sites is 1. The largest absolute Gasteiger partial charge is 0.508 e. The molecule has 0 saturated carbocycles. The first-order valence-electron chi connectivity index (χ1n) is 5.20. The number of phenols is 1. The first kappa shape index (κ1) is 9.04. The number of fused-ring (bicyclic) bond motifs is 1. The van der Waals surface area contributed by atoms with E-state index in [1.165, 1.54) is 5.39 Å². The number of aromatic hydroxyl groups is 1. The zero-order valence-electron chi connectivity index (χ0n) is 8.64. The van der Waals surface area contributed by atoms with Gasteiger partial charge in [-0.3, -0.25) is 0 Å². The third kappa shape index (κ3) is 1.36. The van der Waals surface area contributed by atoms with Gasteiger partial charge in [0.05, 0.1) is 5.52 Å². The molecule has 2 N–H and O–H groups in total. The highest BCUT2D eigenvalue weighted by atomic mass is 16.3. The van der Waals surface area contributed by atoms with E-state index >= 15 is 0 Å². The summed E-state index contributed by atoms with van der Waals surface area (Å²) in [5.74, 6) is 0.294. The Bertz CT molecular complexity index is 623.